The summed E-state index contributed by atoms with van der Waals surface area (Å²) in [6.07, 6.45) is 0. The largest absolute Gasteiger partial charge is 0.394 e. The van der Waals surface area contributed by atoms with E-state index < -0.39 is 0 Å². The number of rotatable bonds is 3. The maximum atomic E-state index is 11.5. The molecule has 0 saturated carbocycles. The van der Waals surface area contributed by atoms with Crippen LogP contribution in [0.15, 0.2) is 22.7 Å². The van der Waals surface area contributed by atoms with Crippen molar-refractivity contribution in [1.82, 2.24) is 5.32 Å². The summed E-state index contributed by atoms with van der Waals surface area (Å²) in [5.41, 5.74) is 1.73. The smallest absolute Gasteiger partial charge is 0.319 e. The van der Waals surface area contributed by atoms with Gasteiger partial charge in [0.05, 0.1) is 12.6 Å². The maximum Gasteiger partial charge on any atom is 0.319 e. The molecule has 1 aromatic carbocycles. The molecule has 3 N–H and O–H groups in total. The van der Waals surface area contributed by atoms with E-state index in [4.69, 9.17) is 5.11 Å². The molecular weight excluding hydrogens is 272 g/mol. The molecule has 2 amide bonds. The van der Waals surface area contributed by atoms with Crippen LogP contribution in [0.1, 0.15) is 12.5 Å². The summed E-state index contributed by atoms with van der Waals surface area (Å²) in [5.74, 6) is 0. The summed E-state index contributed by atoms with van der Waals surface area (Å²) in [4.78, 5) is 11.5. The van der Waals surface area contributed by atoms with Crippen molar-refractivity contribution < 1.29 is 9.90 Å². The molecular formula is C11H15BrN2O2. The highest BCUT2D eigenvalue weighted by Gasteiger charge is 2.07. The zero-order chi connectivity index (χ0) is 12.1. The number of carbonyl (C=O) groups excluding carboxylic acids is 1. The van der Waals surface area contributed by atoms with Gasteiger partial charge in [0.15, 0.2) is 0 Å². The molecule has 1 rings (SSSR count). The van der Waals surface area contributed by atoms with Gasteiger partial charge in [0.2, 0.25) is 0 Å². The van der Waals surface area contributed by atoms with E-state index in [1.807, 2.05) is 25.1 Å². The van der Waals surface area contributed by atoms with Crippen LogP contribution in [0.4, 0.5) is 10.5 Å². The summed E-state index contributed by atoms with van der Waals surface area (Å²) >= 11 is 3.35. The van der Waals surface area contributed by atoms with Crippen LogP contribution in [0.5, 0.6) is 0 Å². The number of aryl methyl sites for hydroxylation is 1. The number of carbonyl (C=O) groups is 1. The van der Waals surface area contributed by atoms with Gasteiger partial charge in [-0.15, -0.1) is 0 Å². The van der Waals surface area contributed by atoms with Crippen molar-refractivity contribution in [2.24, 2.45) is 0 Å². The Kier molecular flexibility index (Phi) is 4.76. The molecule has 0 saturated heterocycles. The molecule has 0 spiro atoms. The van der Waals surface area contributed by atoms with E-state index >= 15 is 0 Å². The highest BCUT2D eigenvalue weighted by molar-refractivity contribution is 9.10. The molecule has 16 heavy (non-hydrogen) atoms. The predicted octanol–water partition coefficient (Wildman–Crippen LogP) is 2.26. The average Bonchev–Trinajstić information content (AvgIpc) is 2.22. The minimum atomic E-state index is -0.313. The van der Waals surface area contributed by atoms with E-state index in [0.717, 1.165) is 15.7 Å². The topological polar surface area (TPSA) is 61.4 Å². The van der Waals surface area contributed by atoms with E-state index in [1.54, 1.807) is 6.92 Å². The minimum absolute atomic E-state index is 0.0766. The number of urea groups is 1. The number of aliphatic hydroxyl groups excluding tert-OH is 1. The van der Waals surface area contributed by atoms with Crippen molar-refractivity contribution in [3.8, 4) is 0 Å². The summed E-state index contributed by atoms with van der Waals surface area (Å²) in [6.45, 7) is 3.57. The number of amides is 2. The number of hydrogen-bond acceptors (Lipinski definition) is 2. The van der Waals surface area contributed by atoms with Gasteiger partial charge >= 0.3 is 6.03 Å². The van der Waals surface area contributed by atoms with E-state index in [2.05, 4.69) is 26.6 Å². The van der Waals surface area contributed by atoms with Crippen molar-refractivity contribution in [1.29, 1.82) is 0 Å². The SMILES string of the molecule is Cc1cc(Br)ccc1NC(=O)N[C@H](C)CO. The van der Waals surface area contributed by atoms with Crippen LogP contribution in [0.3, 0.4) is 0 Å². The first kappa shape index (κ1) is 13.0. The zero-order valence-corrected chi connectivity index (χ0v) is 10.8. The molecule has 0 aliphatic carbocycles. The Morgan fingerprint density at radius 3 is 2.81 bits per heavy atom. The average molecular weight is 287 g/mol. The van der Waals surface area contributed by atoms with Crippen LogP contribution in [0.25, 0.3) is 0 Å². The second kappa shape index (κ2) is 5.86. The second-order valence-corrected chi connectivity index (χ2v) is 4.56. The first-order chi connectivity index (χ1) is 7.52. The van der Waals surface area contributed by atoms with Gasteiger partial charge in [-0.1, -0.05) is 15.9 Å². The van der Waals surface area contributed by atoms with Crippen molar-refractivity contribution >= 4 is 27.6 Å². The summed E-state index contributed by atoms with van der Waals surface area (Å²) < 4.78 is 0.972. The monoisotopic (exact) mass is 286 g/mol. The molecule has 5 heteroatoms. The highest BCUT2D eigenvalue weighted by Crippen LogP contribution is 2.19. The first-order valence-corrected chi connectivity index (χ1v) is 5.76. The number of benzene rings is 1. The van der Waals surface area contributed by atoms with Gasteiger partial charge in [-0.05, 0) is 37.6 Å². The Balaban J connectivity index is 2.63. The highest BCUT2D eigenvalue weighted by atomic mass is 79.9. The number of nitrogens with one attached hydrogen (secondary N) is 2. The Hall–Kier alpha value is -1.07. The fourth-order valence-electron chi connectivity index (χ4n) is 1.20. The number of anilines is 1. The molecule has 0 heterocycles. The van der Waals surface area contributed by atoms with Gasteiger partial charge in [-0.2, -0.15) is 0 Å². The minimum Gasteiger partial charge on any atom is -0.394 e. The van der Waals surface area contributed by atoms with Gasteiger partial charge < -0.3 is 15.7 Å². The third kappa shape index (κ3) is 3.83. The van der Waals surface area contributed by atoms with Gasteiger partial charge in [0.25, 0.3) is 0 Å². The lowest BCUT2D eigenvalue weighted by atomic mass is 10.2. The number of aliphatic hydroxyl groups is 1. The first-order valence-electron chi connectivity index (χ1n) is 4.97. The van der Waals surface area contributed by atoms with Gasteiger partial charge in [0, 0.05) is 10.2 Å². The molecule has 4 nitrogen and oxygen atoms in total. The van der Waals surface area contributed by atoms with Crippen LogP contribution in [0, 0.1) is 6.92 Å². The lowest BCUT2D eigenvalue weighted by Crippen LogP contribution is -2.38. The van der Waals surface area contributed by atoms with Crippen molar-refractivity contribution in [3.63, 3.8) is 0 Å². The normalized spacial score (nSPS) is 12.0. The van der Waals surface area contributed by atoms with Crippen molar-refractivity contribution in [3.05, 3.63) is 28.2 Å². The molecule has 0 aliphatic rings. The molecule has 0 aromatic heterocycles. The van der Waals surface area contributed by atoms with Crippen LogP contribution in [0.2, 0.25) is 0 Å². The Morgan fingerprint density at radius 2 is 2.25 bits per heavy atom. The fourth-order valence-corrected chi connectivity index (χ4v) is 1.67. The van der Waals surface area contributed by atoms with Crippen LogP contribution >= 0.6 is 15.9 Å². The van der Waals surface area contributed by atoms with Crippen molar-refractivity contribution in [2.75, 3.05) is 11.9 Å². The van der Waals surface area contributed by atoms with Gasteiger partial charge in [-0.3, -0.25) is 0 Å². The summed E-state index contributed by atoms with van der Waals surface area (Å²) in [7, 11) is 0. The molecule has 0 aliphatic heterocycles. The quantitative estimate of drug-likeness (QED) is 0.798. The van der Waals surface area contributed by atoms with E-state index in [0.29, 0.717) is 0 Å². The lowest BCUT2D eigenvalue weighted by molar-refractivity contribution is 0.229. The predicted molar refractivity (Wildman–Crippen MR) is 67.6 cm³/mol. The zero-order valence-electron chi connectivity index (χ0n) is 9.25. The van der Waals surface area contributed by atoms with Gasteiger partial charge in [0.1, 0.15) is 0 Å². The molecule has 0 bridgehead atoms. The van der Waals surface area contributed by atoms with Crippen LogP contribution in [-0.4, -0.2) is 23.8 Å². The molecule has 0 unspecified atom stereocenters. The Bertz CT molecular complexity index is 382. The standard InChI is InChI=1S/C11H15BrN2O2/c1-7-5-9(12)3-4-10(7)14-11(16)13-8(2)6-15/h3-5,8,15H,6H2,1-2H3,(H2,13,14,16)/t8-/m1/s1. The molecule has 1 atom stereocenters. The number of hydrogen-bond donors (Lipinski definition) is 3. The molecule has 1 aromatic rings. The third-order valence-corrected chi connectivity index (χ3v) is 2.58. The summed E-state index contributed by atoms with van der Waals surface area (Å²) in [5, 5.41) is 14.1. The van der Waals surface area contributed by atoms with Crippen LogP contribution < -0.4 is 10.6 Å². The van der Waals surface area contributed by atoms with E-state index in [1.165, 1.54) is 0 Å². The second-order valence-electron chi connectivity index (χ2n) is 3.64. The molecule has 0 fully saturated rings. The summed E-state index contributed by atoms with van der Waals surface area (Å²) in [6, 6.07) is 5.04. The molecule has 88 valence electrons. The van der Waals surface area contributed by atoms with E-state index in [9.17, 15) is 4.79 Å². The van der Waals surface area contributed by atoms with E-state index in [-0.39, 0.29) is 18.7 Å². The lowest BCUT2D eigenvalue weighted by Gasteiger charge is -2.13. The third-order valence-electron chi connectivity index (χ3n) is 2.09. The Morgan fingerprint density at radius 1 is 1.56 bits per heavy atom. The number of halogens is 1. The Labute approximate surface area is 103 Å². The van der Waals surface area contributed by atoms with Crippen LogP contribution in [-0.2, 0) is 0 Å². The fraction of sp³-hybridized carbons (Fsp3) is 0.364. The molecule has 0 radical (unpaired) electrons. The maximum absolute atomic E-state index is 11.5. The van der Waals surface area contributed by atoms with Gasteiger partial charge in [-0.25, -0.2) is 4.79 Å². The van der Waals surface area contributed by atoms with Crippen molar-refractivity contribution in [2.45, 2.75) is 19.9 Å².